The highest BCUT2D eigenvalue weighted by Crippen LogP contribution is 2.39. The average molecular weight is 625 g/mol. The molecule has 0 bridgehead atoms. The number of alkyl halides is 3. The van der Waals surface area contributed by atoms with Crippen molar-refractivity contribution in [2.45, 2.75) is 35.0 Å². The molecule has 2 saturated heterocycles. The monoisotopic (exact) mass is 624 g/mol. The Kier molecular flexibility index (Phi) is 9.08. The third-order valence-electron chi connectivity index (χ3n) is 7.13. The van der Waals surface area contributed by atoms with Crippen molar-refractivity contribution in [3.8, 4) is 0 Å². The van der Waals surface area contributed by atoms with Crippen LogP contribution in [-0.4, -0.2) is 108 Å². The number of hydrogen-bond donors (Lipinski definition) is 2. The molecule has 2 fully saturated rings. The van der Waals surface area contributed by atoms with Crippen molar-refractivity contribution in [2.24, 2.45) is 0 Å². The summed E-state index contributed by atoms with van der Waals surface area (Å²) >= 11 is 0.941. The summed E-state index contributed by atoms with van der Waals surface area (Å²) in [7, 11) is -7.26. The topological polar surface area (TPSA) is 119 Å². The molecule has 0 radical (unpaired) electrons. The number of morpholine rings is 1. The van der Waals surface area contributed by atoms with Crippen LogP contribution < -0.4 is 9.62 Å². The number of nitrogens with zero attached hydrogens (tertiary/aromatic N) is 3. The van der Waals surface area contributed by atoms with Gasteiger partial charge in [0.2, 0.25) is 10.0 Å². The Balaban J connectivity index is 1.61. The van der Waals surface area contributed by atoms with Gasteiger partial charge in [-0.3, -0.25) is 4.90 Å². The summed E-state index contributed by atoms with van der Waals surface area (Å²) in [4.78, 5) is 3.96. The third-order valence-corrected chi connectivity index (χ3v) is 10.9. The van der Waals surface area contributed by atoms with Gasteiger partial charge in [0.15, 0.2) is 9.81 Å². The molecule has 222 valence electrons. The van der Waals surface area contributed by atoms with Crippen LogP contribution in [0.15, 0.2) is 34.5 Å². The van der Waals surface area contributed by atoms with Crippen LogP contribution in [0.4, 0.5) is 18.9 Å². The lowest BCUT2D eigenvalue weighted by atomic mass is 9.95. The van der Waals surface area contributed by atoms with Crippen LogP contribution in [-0.2, 0) is 30.4 Å². The smallest absolute Gasteiger partial charge is 0.378 e. The van der Waals surface area contributed by atoms with E-state index in [0.717, 1.165) is 17.6 Å². The molecule has 1 aromatic carbocycles. The van der Waals surface area contributed by atoms with E-state index in [1.165, 1.54) is 34.6 Å². The lowest BCUT2D eigenvalue weighted by Gasteiger charge is -2.46. The van der Waals surface area contributed by atoms with Crippen molar-refractivity contribution < 1.29 is 39.9 Å². The van der Waals surface area contributed by atoms with Crippen molar-refractivity contribution >= 4 is 37.1 Å². The maximum absolute atomic E-state index is 13.4. The highest BCUT2D eigenvalue weighted by Gasteiger charge is 2.51. The standard InChI is InChI=1S/C24H31F3N4O6S3/c1-23(32,24(25,26)27)18-5-7-19(8-6-18)31-10-9-30(40(35,36)22-4-3-13-38-22)16-21(31)15-29-11-12-37-17-20(29)14-28-39(2,33)34/h4-8,20-21,28,32H,9-12,14-17H2,1-2H3. The molecule has 0 saturated carbocycles. The zero-order chi connectivity index (χ0) is 29.3. The van der Waals surface area contributed by atoms with Crippen LogP contribution in [0.25, 0.3) is 0 Å². The zero-order valence-corrected chi connectivity index (χ0v) is 24.3. The second kappa shape index (κ2) is 11.7. The van der Waals surface area contributed by atoms with E-state index in [1.807, 2.05) is 9.80 Å². The highest BCUT2D eigenvalue weighted by atomic mass is 32.2. The lowest BCUT2D eigenvalue weighted by molar-refractivity contribution is -0.258. The molecule has 1 aromatic heterocycles. The molecule has 0 spiro atoms. The predicted molar refractivity (Wildman–Crippen MR) is 143 cm³/mol. The second-order valence-electron chi connectivity index (χ2n) is 9.98. The second-order valence-corrected chi connectivity index (χ2v) is 14.8. The summed E-state index contributed by atoms with van der Waals surface area (Å²) in [6.07, 6.45) is -3.80. The maximum atomic E-state index is 13.4. The van der Waals surface area contributed by atoms with E-state index in [-0.39, 0.29) is 48.6 Å². The van der Waals surface area contributed by atoms with Gasteiger partial charge in [-0.25, -0.2) is 21.6 Å². The van der Waals surface area contributed by atoms with Crippen molar-refractivity contribution in [2.75, 3.05) is 63.6 Å². The van der Waals surface area contributed by atoms with Crippen molar-refractivity contribution in [3.05, 3.63) is 47.3 Å². The number of piperazine rings is 1. The molecule has 3 heterocycles. The molecule has 2 aromatic rings. The van der Waals surface area contributed by atoms with E-state index in [0.29, 0.717) is 32.3 Å². The van der Waals surface area contributed by atoms with Gasteiger partial charge in [-0.2, -0.15) is 17.5 Å². The minimum atomic E-state index is -4.86. The first-order valence-electron chi connectivity index (χ1n) is 12.4. The number of aliphatic hydroxyl groups is 1. The van der Waals surface area contributed by atoms with E-state index >= 15 is 0 Å². The summed E-state index contributed by atoms with van der Waals surface area (Å²) in [5, 5.41) is 12.7. The largest absolute Gasteiger partial charge is 0.421 e. The Morgan fingerprint density at radius 1 is 1.12 bits per heavy atom. The molecular formula is C24H31F3N4O6S3. The van der Waals surface area contributed by atoms with Gasteiger partial charge >= 0.3 is 6.18 Å². The van der Waals surface area contributed by atoms with Gasteiger partial charge in [0, 0.05) is 57.1 Å². The first-order valence-corrected chi connectivity index (χ1v) is 16.5. The van der Waals surface area contributed by atoms with Gasteiger partial charge in [-0.05, 0) is 30.0 Å². The van der Waals surface area contributed by atoms with Gasteiger partial charge in [0.25, 0.3) is 10.0 Å². The number of rotatable bonds is 9. The van der Waals surface area contributed by atoms with Gasteiger partial charge < -0.3 is 14.7 Å². The normalized spacial score (nSPS) is 23.5. The molecule has 3 atom stereocenters. The number of ether oxygens (including phenoxy) is 1. The fraction of sp³-hybridized carbons (Fsp3) is 0.583. The van der Waals surface area contributed by atoms with E-state index < -0.39 is 37.9 Å². The summed E-state index contributed by atoms with van der Waals surface area (Å²) in [5.41, 5.74) is -2.77. The van der Waals surface area contributed by atoms with Crippen LogP contribution in [0.5, 0.6) is 0 Å². The molecule has 4 rings (SSSR count). The number of anilines is 1. The number of nitrogens with one attached hydrogen (secondary N) is 1. The first-order chi connectivity index (χ1) is 18.6. The molecule has 16 heteroatoms. The quantitative estimate of drug-likeness (QED) is 0.428. The van der Waals surface area contributed by atoms with Crippen LogP contribution in [0.3, 0.4) is 0 Å². The van der Waals surface area contributed by atoms with Crippen LogP contribution in [0.1, 0.15) is 12.5 Å². The van der Waals surface area contributed by atoms with Crippen LogP contribution in [0, 0.1) is 11.4 Å². The number of halogens is 3. The fourth-order valence-corrected chi connectivity index (χ4v) is 7.62. The Morgan fingerprint density at radius 2 is 1.82 bits per heavy atom. The fourth-order valence-electron chi connectivity index (χ4n) is 4.77. The number of hydrogen-bond acceptors (Lipinski definition) is 9. The summed E-state index contributed by atoms with van der Waals surface area (Å²) in [6.45, 7) is 2.80. The summed E-state index contributed by atoms with van der Waals surface area (Å²) < 4.78 is 99.6. The maximum Gasteiger partial charge on any atom is 0.421 e. The van der Waals surface area contributed by atoms with Crippen molar-refractivity contribution in [1.82, 2.24) is 13.9 Å². The van der Waals surface area contributed by atoms with Gasteiger partial charge in [-0.15, -0.1) is 0 Å². The van der Waals surface area contributed by atoms with E-state index in [9.17, 15) is 35.1 Å². The van der Waals surface area contributed by atoms with Gasteiger partial charge in [0.1, 0.15) is 0 Å². The van der Waals surface area contributed by atoms with E-state index in [4.69, 9.17) is 4.74 Å². The Bertz CT molecular complexity index is 1350. The Labute approximate surface area is 236 Å². The Morgan fingerprint density at radius 3 is 2.42 bits per heavy atom. The first kappa shape index (κ1) is 31.0. The molecule has 10 nitrogen and oxygen atoms in total. The van der Waals surface area contributed by atoms with Gasteiger partial charge in [0.05, 0.1) is 25.5 Å². The average Bonchev–Trinajstić information content (AvgIpc) is 3.43. The van der Waals surface area contributed by atoms with Crippen LogP contribution >= 0.6 is 11.3 Å². The molecule has 40 heavy (non-hydrogen) atoms. The summed E-state index contributed by atoms with van der Waals surface area (Å²) in [6, 6.07) is 8.68. The minimum absolute atomic E-state index is 0.0891. The Hall–Kier alpha value is -1.97. The molecular weight excluding hydrogens is 593 g/mol. The molecule has 2 N–H and O–H groups in total. The number of sulfonamides is 2. The third kappa shape index (κ3) is 6.90. The zero-order valence-electron chi connectivity index (χ0n) is 21.9. The highest BCUT2D eigenvalue weighted by molar-refractivity contribution is 7.91. The minimum Gasteiger partial charge on any atom is -0.378 e. The summed E-state index contributed by atoms with van der Waals surface area (Å²) in [5.74, 6) is 0. The van der Waals surface area contributed by atoms with Crippen molar-refractivity contribution in [3.63, 3.8) is 0 Å². The molecule has 2 aliphatic rings. The predicted octanol–water partition coefficient (Wildman–Crippen LogP) is 1.25. The van der Waals surface area contributed by atoms with Crippen molar-refractivity contribution in [1.29, 1.82) is 0 Å². The van der Waals surface area contributed by atoms with E-state index in [2.05, 4.69) is 16.2 Å². The van der Waals surface area contributed by atoms with Crippen LogP contribution in [0.2, 0.25) is 0 Å². The molecule has 3 unspecified atom stereocenters. The van der Waals surface area contributed by atoms with Gasteiger partial charge in [-0.1, -0.05) is 29.5 Å². The lowest BCUT2D eigenvalue weighted by Crippen LogP contribution is -2.61. The molecule has 0 aliphatic carbocycles. The van der Waals surface area contributed by atoms with E-state index in [1.54, 1.807) is 0 Å². The number of benzene rings is 1. The molecule has 0 amide bonds. The SMILES string of the molecule is CC(O)(c1ccc(N2CCN(S(=O)(=O)c3cc#cs3)CC2CN2CCOCC2CNS(C)(=O)=O)cc1)C(F)(F)F. The molecule has 2 aliphatic heterocycles.